The molecule has 5 heteroatoms. The Labute approximate surface area is 121 Å². The summed E-state index contributed by atoms with van der Waals surface area (Å²) in [7, 11) is 0. The van der Waals surface area contributed by atoms with E-state index in [1.807, 2.05) is 15.7 Å². The number of imidazole rings is 1. The molecule has 20 heavy (non-hydrogen) atoms. The van der Waals surface area contributed by atoms with Crippen LogP contribution in [0.2, 0.25) is 0 Å². The zero-order chi connectivity index (χ0) is 14.4. The van der Waals surface area contributed by atoms with Crippen LogP contribution in [0, 0.1) is 5.92 Å². The van der Waals surface area contributed by atoms with E-state index >= 15 is 0 Å². The zero-order valence-electron chi connectivity index (χ0n) is 12.6. The highest BCUT2D eigenvalue weighted by Gasteiger charge is 2.17. The van der Waals surface area contributed by atoms with Gasteiger partial charge in [0.05, 0.1) is 6.54 Å². The third-order valence-corrected chi connectivity index (χ3v) is 3.65. The van der Waals surface area contributed by atoms with Crippen LogP contribution in [0.1, 0.15) is 38.9 Å². The molecule has 1 fully saturated rings. The lowest BCUT2D eigenvalue weighted by atomic mass is 10.1. The van der Waals surface area contributed by atoms with Crippen LogP contribution in [-0.2, 0) is 17.9 Å². The molecule has 2 rings (SSSR count). The number of hydrogen-bond donors (Lipinski definition) is 1. The second-order valence-electron chi connectivity index (χ2n) is 5.94. The zero-order valence-corrected chi connectivity index (χ0v) is 12.6. The van der Waals surface area contributed by atoms with Gasteiger partial charge in [0, 0.05) is 25.5 Å². The topological polar surface area (TPSA) is 50.2 Å². The van der Waals surface area contributed by atoms with Crippen LogP contribution >= 0.6 is 0 Å². The number of carbonyl (C=O) groups excluding carboxylic acids is 1. The van der Waals surface area contributed by atoms with Crippen molar-refractivity contribution in [1.29, 1.82) is 0 Å². The molecule has 0 unspecified atom stereocenters. The van der Waals surface area contributed by atoms with E-state index in [1.165, 1.54) is 6.42 Å². The van der Waals surface area contributed by atoms with Gasteiger partial charge in [-0.15, -0.1) is 0 Å². The van der Waals surface area contributed by atoms with E-state index in [9.17, 15) is 4.79 Å². The van der Waals surface area contributed by atoms with E-state index in [0.29, 0.717) is 12.5 Å². The molecule has 0 radical (unpaired) electrons. The number of piperidine rings is 1. The van der Waals surface area contributed by atoms with Crippen LogP contribution in [-0.4, -0.2) is 40.0 Å². The number of aromatic nitrogens is 2. The number of amides is 1. The highest BCUT2D eigenvalue weighted by Crippen LogP contribution is 2.10. The second kappa shape index (κ2) is 7.43. The second-order valence-corrected chi connectivity index (χ2v) is 5.94. The summed E-state index contributed by atoms with van der Waals surface area (Å²) in [6.07, 6.45) is 7.19. The van der Waals surface area contributed by atoms with Crippen molar-refractivity contribution < 1.29 is 4.79 Å². The van der Waals surface area contributed by atoms with Crippen LogP contribution < -0.4 is 5.32 Å². The molecule has 0 bridgehead atoms. The fourth-order valence-corrected chi connectivity index (χ4v) is 2.51. The van der Waals surface area contributed by atoms with Crippen molar-refractivity contribution in [2.75, 3.05) is 19.6 Å². The maximum atomic E-state index is 12.3. The minimum absolute atomic E-state index is 0.216. The van der Waals surface area contributed by atoms with Gasteiger partial charge in [-0.3, -0.25) is 4.79 Å². The first kappa shape index (κ1) is 15.0. The summed E-state index contributed by atoms with van der Waals surface area (Å²) in [5, 5.41) is 3.37. The van der Waals surface area contributed by atoms with E-state index in [-0.39, 0.29) is 5.91 Å². The summed E-state index contributed by atoms with van der Waals surface area (Å²) in [6.45, 7) is 8.28. The normalized spacial score (nSPS) is 15.8. The number of hydrogen-bond acceptors (Lipinski definition) is 3. The molecule has 1 saturated heterocycles. The Morgan fingerprint density at radius 2 is 2.10 bits per heavy atom. The molecule has 1 aromatic heterocycles. The third kappa shape index (κ3) is 4.34. The molecule has 0 aromatic carbocycles. The molecule has 5 nitrogen and oxygen atoms in total. The summed E-state index contributed by atoms with van der Waals surface area (Å²) in [6, 6.07) is 0. The van der Waals surface area contributed by atoms with Crippen LogP contribution in [0.25, 0.3) is 0 Å². The fourth-order valence-electron chi connectivity index (χ4n) is 2.51. The Hall–Kier alpha value is -1.36. The van der Waals surface area contributed by atoms with Gasteiger partial charge in [-0.1, -0.05) is 13.8 Å². The monoisotopic (exact) mass is 278 g/mol. The summed E-state index contributed by atoms with van der Waals surface area (Å²) >= 11 is 0. The van der Waals surface area contributed by atoms with E-state index < -0.39 is 0 Å². The molecule has 0 spiro atoms. The summed E-state index contributed by atoms with van der Waals surface area (Å²) < 4.78 is 1.96. The van der Waals surface area contributed by atoms with Gasteiger partial charge in [0.15, 0.2) is 0 Å². The van der Waals surface area contributed by atoms with Crippen molar-refractivity contribution in [1.82, 2.24) is 19.8 Å². The maximum absolute atomic E-state index is 12.3. The van der Waals surface area contributed by atoms with Crippen LogP contribution in [0.3, 0.4) is 0 Å². The van der Waals surface area contributed by atoms with E-state index in [4.69, 9.17) is 0 Å². The quantitative estimate of drug-likeness (QED) is 0.860. The molecule has 112 valence electrons. The van der Waals surface area contributed by atoms with Gasteiger partial charge in [-0.2, -0.15) is 0 Å². The molecule has 2 heterocycles. The number of carbonyl (C=O) groups is 1. The minimum atomic E-state index is 0.216. The molecule has 1 aliphatic rings. The first-order valence-electron chi connectivity index (χ1n) is 7.65. The fraction of sp³-hybridized carbons (Fsp3) is 0.733. The van der Waals surface area contributed by atoms with Crippen LogP contribution in [0.15, 0.2) is 12.4 Å². The molecular formula is C15H26N4O. The Kier molecular flexibility index (Phi) is 5.59. The molecule has 0 saturated carbocycles. The van der Waals surface area contributed by atoms with Gasteiger partial charge in [0.1, 0.15) is 12.4 Å². The molecule has 1 amide bonds. The van der Waals surface area contributed by atoms with Gasteiger partial charge in [0.25, 0.3) is 0 Å². The van der Waals surface area contributed by atoms with Gasteiger partial charge in [-0.05, 0) is 31.7 Å². The standard InChI is InChI=1S/C15H26N4O/c1-13(2)10-16-11-14-17-6-9-19(14)12-15(20)18-7-4-3-5-8-18/h6,9,13,16H,3-5,7-8,10-12H2,1-2H3. The Balaban J connectivity index is 1.85. The van der Waals surface area contributed by atoms with Gasteiger partial charge in [0.2, 0.25) is 5.91 Å². The van der Waals surface area contributed by atoms with Crippen molar-refractivity contribution in [3.8, 4) is 0 Å². The van der Waals surface area contributed by atoms with Gasteiger partial charge in [-0.25, -0.2) is 4.98 Å². The predicted octanol–water partition coefficient (Wildman–Crippen LogP) is 1.64. The lowest BCUT2D eigenvalue weighted by Gasteiger charge is -2.27. The SMILES string of the molecule is CC(C)CNCc1nccn1CC(=O)N1CCCCC1. The molecule has 1 aromatic rings. The molecular weight excluding hydrogens is 252 g/mol. The average Bonchev–Trinajstić information content (AvgIpc) is 2.87. The van der Waals surface area contributed by atoms with Crippen LogP contribution in [0.5, 0.6) is 0 Å². The maximum Gasteiger partial charge on any atom is 0.242 e. The van der Waals surface area contributed by atoms with Crippen molar-refractivity contribution in [3.63, 3.8) is 0 Å². The number of rotatable bonds is 6. The van der Waals surface area contributed by atoms with Gasteiger partial charge >= 0.3 is 0 Å². The molecule has 0 atom stereocenters. The average molecular weight is 278 g/mol. The summed E-state index contributed by atoms with van der Waals surface area (Å²) in [5.41, 5.74) is 0. The molecule has 1 aliphatic heterocycles. The highest BCUT2D eigenvalue weighted by atomic mass is 16.2. The van der Waals surface area contributed by atoms with E-state index in [0.717, 1.165) is 44.8 Å². The summed E-state index contributed by atoms with van der Waals surface area (Å²) in [5.74, 6) is 1.78. The van der Waals surface area contributed by atoms with Crippen molar-refractivity contribution in [2.45, 2.75) is 46.2 Å². The first-order valence-corrected chi connectivity index (χ1v) is 7.65. The largest absolute Gasteiger partial charge is 0.341 e. The Bertz CT molecular complexity index is 421. The Morgan fingerprint density at radius 1 is 1.35 bits per heavy atom. The first-order chi connectivity index (χ1) is 9.66. The lowest BCUT2D eigenvalue weighted by Crippen LogP contribution is -2.38. The van der Waals surface area contributed by atoms with Crippen LogP contribution in [0.4, 0.5) is 0 Å². The lowest BCUT2D eigenvalue weighted by molar-refractivity contribution is -0.132. The smallest absolute Gasteiger partial charge is 0.242 e. The Morgan fingerprint density at radius 3 is 2.80 bits per heavy atom. The summed E-state index contributed by atoms with van der Waals surface area (Å²) in [4.78, 5) is 18.6. The predicted molar refractivity (Wildman–Crippen MR) is 79.2 cm³/mol. The van der Waals surface area contributed by atoms with E-state index in [2.05, 4.69) is 24.1 Å². The molecule has 0 aliphatic carbocycles. The number of nitrogens with one attached hydrogen (secondary N) is 1. The third-order valence-electron chi connectivity index (χ3n) is 3.65. The van der Waals surface area contributed by atoms with Gasteiger partial charge < -0.3 is 14.8 Å². The number of likely N-dealkylation sites (tertiary alicyclic amines) is 1. The van der Waals surface area contributed by atoms with Crippen molar-refractivity contribution in [2.24, 2.45) is 5.92 Å². The van der Waals surface area contributed by atoms with E-state index in [1.54, 1.807) is 6.20 Å². The molecule has 1 N–H and O–H groups in total. The number of nitrogens with zero attached hydrogens (tertiary/aromatic N) is 3. The van der Waals surface area contributed by atoms with Crippen molar-refractivity contribution in [3.05, 3.63) is 18.2 Å². The minimum Gasteiger partial charge on any atom is -0.341 e. The van der Waals surface area contributed by atoms with Crippen molar-refractivity contribution >= 4 is 5.91 Å². The highest BCUT2D eigenvalue weighted by molar-refractivity contribution is 5.76.